The molecule has 194 valence electrons. The van der Waals surface area contributed by atoms with Crippen LogP contribution < -0.4 is 10.2 Å². The number of benzene rings is 3. The third kappa shape index (κ3) is 7.89. The van der Waals surface area contributed by atoms with Crippen LogP contribution in [0.15, 0.2) is 84.9 Å². The largest absolute Gasteiger partial charge is 0.372 e. The molecule has 1 N–H and O–H groups in total. The van der Waals surface area contributed by atoms with Crippen LogP contribution in [0.25, 0.3) is 22.9 Å². The molecule has 0 saturated carbocycles. The smallest absolute Gasteiger partial charge is 0.224 e. The van der Waals surface area contributed by atoms with E-state index in [1.807, 2.05) is 92.7 Å². The number of hydrogen-bond acceptors (Lipinski definition) is 5. The van der Waals surface area contributed by atoms with Crippen molar-refractivity contribution in [3.8, 4) is 17.3 Å². The first-order valence-corrected chi connectivity index (χ1v) is 13.7. The van der Waals surface area contributed by atoms with Crippen LogP contribution in [-0.2, 0) is 4.79 Å². The van der Waals surface area contributed by atoms with E-state index >= 15 is 0 Å². The maximum absolute atomic E-state index is 12.1. The van der Waals surface area contributed by atoms with E-state index in [1.54, 1.807) is 0 Å². The molecule has 1 amide bonds. The number of aromatic nitrogens is 1. The van der Waals surface area contributed by atoms with Crippen LogP contribution in [0.1, 0.15) is 43.3 Å². The Bertz CT molecular complexity index is 1340. The van der Waals surface area contributed by atoms with E-state index in [-0.39, 0.29) is 5.91 Å². The number of nitriles is 1. The molecule has 0 radical (unpaired) electrons. The zero-order valence-corrected chi connectivity index (χ0v) is 23.3. The summed E-state index contributed by atoms with van der Waals surface area (Å²) in [6.45, 7) is 10.00. The van der Waals surface area contributed by atoms with Crippen LogP contribution in [-0.4, -0.2) is 24.0 Å². The van der Waals surface area contributed by atoms with Crippen molar-refractivity contribution in [3.05, 3.63) is 101 Å². The summed E-state index contributed by atoms with van der Waals surface area (Å²) in [5.74, 6) is -0.0805. The second kappa shape index (κ2) is 14.5. The fraction of sp³-hybridized carbons (Fsp3) is 0.219. The van der Waals surface area contributed by atoms with Gasteiger partial charge in [0, 0.05) is 30.8 Å². The first-order valence-electron chi connectivity index (χ1n) is 12.8. The molecule has 0 bridgehead atoms. The van der Waals surface area contributed by atoms with Gasteiger partial charge in [-0.05, 0) is 44.5 Å². The predicted octanol–water partition coefficient (Wildman–Crippen LogP) is 8.06. The lowest BCUT2D eigenvalue weighted by Crippen LogP contribution is -2.21. The van der Waals surface area contributed by atoms with Crippen molar-refractivity contribution in [3.63, 3.8) is 0 Å². The molecule has 1 aromatic heterocycles. The Morgan fingerprint density at radius 3 is 2.03 bits per heavy atom. The Balaban J connectivity index is 0.000000585. The highest BCUT2D eigenvalue weighted by molar-refractivity contribution is 7.17. The maximum Gasteiger partial charge on any atom is 0.224 e. The molecule has 0 unspecified atom stereocenters. The number of thiazole rings is 1. The van der Waals surface area contributed by atoms with E-state index < -0.39 is 0 Å². The quantitative estimate of drug-likeness (QED) is 0.238. The number of nitrogens with one attached hydrogen (secondary N) is 1. The Morgan fingerprint density at radius 2 is 1.53 bits per heavy atom. The fourth-order valence-electron chi connectivity index (χ4n) is 3.71. The van der Waals surface area contributed by atoms with Gasteiger partial charge in [-0.15, -0.1) is 0 Å². The van der Waals surface area contributed by atoms with E-state index in [9.17, 15) is 10.1 Å². The second-order valence-corrected chi connectivity index (χ2v) is 9.55. The summed E-state index contributed by atoms with van der Waals surface area (Å²) in [7, 11) is 0. The maximum atomic E-state index is 12.1. The van der Waals surface area contributed by atoms with Gasteiger partial charge in [0.25, 0.3) is 0 Å². The van der Waals surface area contributed by atoms with Crippen LogP contribution in [0.3, 0.4) is 0 Å². The lowest BCUT2D eigenvalue weighted by atomic mass is 10.1. The number of amides is 1. The minimum atomic E-state index is -0.0805. The summed E-state index contributed by atoms with van der Waals surface area (Å²) in [5, 5.41) is 14.0. The zero-order valence-electron chi connectivity index (χ0n) is 22.4. The molecule has 0 spiro atoms. The third-order valence-electron chi connectivity index (χ3n) is 5.88. The first-order chi connectivity index (χ1) is 18.5. The summed E-state index contributed by atoms with van der Waals surface area (Å²) < 4.78 is 0. The summed E-state index contributed by atoms with van der Waals surface area (Å²) in [5.41, 5.74) is 5.30. The van der Waals surface area contributed by atoms with E-state index in [1.165, 1.54) is 11.3 Å². The standard InChI is InChI=1S/C26H28N4OS.C6H6/c1-5-23(31)28-26-24(20-12-8-18(4)9-13-20)29-25(32-26)21(17-27)16-19-10-14-22(15-11-19)30(6-2)7-3;1-2-4-6-5-3-1/h8-16H,5-7H2,1-4H3,(H,28,31);1-6H/b21-16+;. The summed E-state index contributed by atoms with van der Waals surface area (Å²) in [6.07, 6.45) is 2.22. The molecule has 5 nitrogen and oxygen atoms in total. The fourth-order valence-corrected chi connectivity index (χ4v) is 4.68. The molecule has 4 aromatic rings. The van der Waals surface area contributed by atoms with E-state index in [2.05, 4.69) is 42.3 Å². The van der Waals surface area contributed by atoms with Gasteiger partial charge in [0.1, 0.15) is 21.8 Å². The Labute approximate surface area is 230 Å². The van der Waals surface area contributed by atoms with Crippen molar-refractivity contribution in [1.29, 1.82) is 5.26 Å². The highest BCUT2D eigenvalue weighted by Crippen LogP contribution is 2.37. The predicted molar refractivity (Wildman–Crippen MR) is 161 cm³/mol. The number of nitrogens with zero attached hydrogens (tertiary/aromatic N) is 3. The highest BCUT2D eigenvalue weighted by atomic mass is 32.1. The normalized spacial score (nSPS) is 10.7. The molecular weight excluding hydrogens is 488 g/mol. The van der Waals surface area contributed by atoms with Gasteiger partial charge in [0.2, 0.25) is 5.91 Å². The summed E-state index contributed by atoms with van der Waals surface area (Å²) in [6, 6.07) is 30.4. The molecule has 1 heterocycles. The third-order valence-corrected chi connectivity index (χ3v) is 6.88. The molecule has 4 rings (SSSR count). The first kappa shape index (κ1) is 28.4. The Hall–Kier alpha value is -4.21. The molecule has 38 heavy (non-hydrogen) atoms. The molecule has 0 fully saturated rings. The highest BCUT2D eigenvalue weighted by Gasteiger charge is 2.17. The number of aryl methyl sites for hydroxylation is 1. The molecular formula is C32H34N4OS. The monoisotopic (exact) mass is 522 g/mol. The van der Waals surface area contributed by atoms with Gasteiger partial charge in [0.15, 0.2) is 0 Å². The minimum Gasteiger partial charge on any atom is -0.372 e. The molecule has 3 aromatic carbocycles. The lowest BCUT2D eigenvalue weighted by Gasteiger charge is -2.20. The van der Waals surface area contributed by atoms with Gasteiger partial charge in [-0.25, -0.2) is 4.98 Å². The van der Waals surface area contributed by atoms with Gasteiger partial charge in [-0.2, -0.15) is 5.26 Å². The molecule has 0 aliphatic heterocycles. The van der Waals surface area contributed by atoms with Crippen LogP contribution >= 0.6 is 11.3 Å². The van der Waals surface area contributed by atoms with Gasteiger partial charge < -0.3 is 10.2 Å². The second-order valence-electron chi connectivity index (χ2n) is 8.55. The van der Waals surface area contributed by atoms with Crippen LogP contribution in [0.4, 0.5) is 10.7 Å². The van der Waals surface area contributed by atoms with E-state index in [0.29, 0.717) is 27.7 Å². The van der Waals surface area contributed by atoms with E-state index in [4.69, 9.17) is 4.98 Å². The van der Waals surface area contributed by atoms with E-state index in [0.717, 1.165) is 35.5 Å². The number of carbonyl (C=O) groups excluding carboxylic acids is 1. The molecule has 0 saturated heterocycles. The van der Waals surface area contributed by atoms with Crippen molar-refractivity contribution in [1.82, 2.24) is 4.98 Å². The summed E-state index contributed by atoms with van der Waals surface area (Å²) >= 11 is 1.33. The summed E-state index contributed by atoms with van der Waals surface area (Å²) in [4.78, 5) is 19.1. The van der Waals surface area contributed by atoms with Crippen molar-refractivity contribution in [2.75, 3.05) is 23.3 Å². The molecule has 6 heteroatoms. The number of allylic oxidation sites excluding steroid dienone is 1. The molecule has 0 aliphatic rings. The molecule has 0 atom stereocenters. The van der Waals surface area contributed by atoms with Crippen molar-refractivity contribution < 1.29 is 4.79 Å². The molecule has 0 aliphatic carbocycles. The van der Waals surface area contributed by atoms with Crippen molar-refractivity contribution in [2.45, 2.75) is 34.1 Å². The Kier molecular flexibility index (Phi) is 10.8. The zero-order chi connectivity index (χ0) is 27.3. The SMILES string of the molecule is CCC(=O)Nc1sc(/C(C#N)=C/c2ccc(N(CC)CC)cc2)nc1-c1ccc(C)cc1.c1ccccc1. The minimum absolute atomic E-state index is 0.0805. The lowest BCUT2D eigenvalue weighted by molar-refractivity contribution is -0.115. The number of carbonyl (C=O) groups is 1. The van der Waals surface area contributed by atoms with Crippen molar-refractivity contribution >= 4 is 39.6 Å². The number of anilines is 2. The topological polar surface area (TPSA) is 69.0 Å². The van der Waals surface area contributed by atoms with Gasteiger partial charge >= 0.3 is 0 Å². The number of rotatable bonds is 8. The van der Waals surface area contributed by atoms with Gasteiger partial charge in [0.05, 0.1) is 5.57 Å². The van der Waals surface area contributed by atoms with Gasteiger partial charge in [-0.1, -0.05) is 96.6 Å². The van der Waals surface area contributed by atoms with Crippen molar-refractivity contribution in [2.24, 2.45) is 0 Å². The van der Waals surface area contributed by atoms with Gasteiger partial charge in [-0.3, -0.25) is 4.79 Å². The Morgan fingerprint density at radius 1 is 0.947 bits per heavy atom. The number of hydrogen-bond donors (Lipinski definition) is 1. The van der Waals surface area contributed by atoms with Crippen LogP contribution in [0.5, 0.6) is 0 Å². The average Bonchev–Trinajstić information content (AvgIpc) is 3.38. The average molecular weight is 523 g/mol. The van der Waals surface area contributed by atoms with Crippen LogP contribution in [0, 0.1) is 18.3 Å². The van der Waals surface area contributed by atoms with Crippen LogP contribution in [0.2, 0.25) is 0 Å².